The number of hydrogen-bond acceptors (Lipinski definition) is 5. The molecule has 1 N–H and O–H groups in total. The van der Waals surface area contributed by atoms with Crippen LogP contribution in [-0.2, 0) is 17.4 Å². The lowest BCUT2D eigenvalue weighted by atomic mass is 9.90. The molecule has 29 heavy (non-hydrogen) atoms. The maximum atomic E-state index is 12.7. The van der Waals surface area contributed by atoms with Crippen molar-refractivity contribution in [1.29, 1.82) is 0 Å². The molecule has 0 aliphatic heterocycles. The fourth-order valence-corrected chi connectivity index (χ4v) is 2.90. The third-order valence-electron chi connectivity index (χ3n) is 4.61. The summed E-state index contributed by atoms with van der Waals surface area (Å²) in [5.74, 6) is -0.260. The fourth-order valence-electron chi connectivity index (χ4n) is 2.90. The number of amides is 1. The minimum Gasteiger partial charge on any atom is -0.385 e. The molecule has 1 aliphatic carbocycles. The van der Waals surface area contributed by atoms with Gasteiger partial charge in [-0.3, -0.25) is 9.78 Å². The summed E-state index contributed by atoms with van der Waals surface area (Å²) in [6, 6.07) is 5.41. The SMILES string of the molecule is CC.O=C(Cc1ccc(C(F)(F)F)nc1)N(CC(O)c1cccnn1)C1CCC1. The zero-order valence-corrected chi connectivity index (χ0v) is 16.4. The second-order valence-electron chi connectivity index (χ2n) is 6.52. The molecule has 3 rings (SSSR count). The Kier molecular flexibility index (Phi) is 8.07. The van der Waals surface area contributed by atoms with Gasteiger partial charge in [0.25, 0.3) is 0 Å². The Morgan fingerprint density at radius 3 is 2.48 bits per heavy atom. The van der Waals surface area contributed by atoms with Crippen molar-refractivity contribution >= 4 is 5.91 Å². The highest BCUT2D eigenvalue weighted by atomic mass is 19.4. The van der Waals surface area contributed by atoms with Gasteiger partial charge in [-0.15, -0.1) is 0 Å². The monoisotopic (exact) mass is 410 g/mol. The summed E-state index contributed by atoms with van der Waals surface area (Å²) in [7, 11) is 0. The molecule has 1 saturated carbocycles. The van der Waals surface area contributed by atoms with Crippen LogP contribution in [0.5, 0.6) is 0 Å². The van der Waals surface area contributed by atoms with E-state index in [2.05, 4.69) is 15.2 Å². The normalized spacial score (nSPS) is 15.0. The number of nitrogens with zero attached hydrogens (tertiary/aromatic N) is 4. The minimum absolute atomic E-state index is 0.0197. The third-order valence-corrected chi connectivity index (χ3v) is 4.61. The van der Waals surface area contributed by atoms with Crippen LogP contribution in [0.4, 0.5) is 13.2 Å². The lowest BCUT2D eigenvalue weighted by molar-refractivity contribution is -0.141. The van der Waals surface area contributed by atoms with E-state index in [1.807, 2.05) is 13.8 Å². The van der Waals surface area contributed by atoms with Gasteiger partial charge in [0.05, 0.1) is 18.7 Å². The van der Waals surface area contributed by atoms with Crippen LogP contribution in [0.15, 0.2) is 36.7 Å². The molecule has 2 aromatic rings. The Hall–Kier alpha value is -2.55. The number of aliphatic hydroxyl groups is 1. The zero-order valence-electron chi connectivity index (χ0n) is 16.4. The first-order valence-corrected chi connectivity index (χ1v) is 9.62. The molecule has 0 saturated heterocycles. The molecule has 2 heterocycles. The van der Waals surface area contributed by atoms with Gasteiger partial charge < -0.3 is 10.0 Å². The Balaban J connectivity index is 0.00000145. The molecular weight excluding hydrogens is 385 g/mol. The smallest absolute Gasteiger partial charge is 0.385 e. The van der Waals surface area contributed by atoms with E-state index in [-0.39, 0.29) is 24.9 Å². The van der Waals surface area contributed by atoms with E-state index in [9.17, 15) is 23.1 Å². The van der Waals surface area contributed by atoms with E-state index in [1.165, 1.54) is 12.3 Å². The predicted molar refractivity (Wildman–Crippen MR) is 101 cm³/mol. The Bertz CT molecular complexity index is 766. The number of carbonyl (C=O) groups excluding carboxylic acids is 1. The summed E-state index contributed by atoms with van der Waals surface area (Å²) in [5.41, 5.74) is -0.232. The summed E-state index contributed by atoms with van der Waals surface area (Å²) >= 11 is 0. The number of carbonyl (C=O) groups is 1. The lowest BCUT2D eigenvalue weighted by Gasteiger charge is -2.38. The second-order valence-corrected chi connectivity index (χ2v) is 6.52. The Morgan fingerprint density at radius 1 is 1.28 bits per heavy atom. The molecule has 0 bridgehead atoms. The maximum Gasteiger partial charge on any atom is 0.433 e. The molecule has 1 atom stereocenters. The summed E-state index contributed by atoms with van der Waals surface area (Å²) < 4.78 is 37.8. The number of pyridine rings is 1. The molecule has 9 heteroatoms. The molecule has 2 aromatic heterocycles. The zero-order chi connectivity index (χ0) is 21.4. The van der Waals surface area contributed by atoms with E-state index < -0.39 is 18.0 Å². The van der Waals surface area contributed by atoms with Crippen LogP contribution in [-0.4, -0.2) is 43.7 Å². The molecule has 158 valence electrons. The van der Waals surface area contributed by atoms with Crippen LogP contribution in [0, 0.1) is 0 Å². The quantitative estimate of drug-likeness (QED) is 0.788. The van der Waals surface area contributed by atoms with Crippen LogP contribution < -0.4 is 0 Å². The average Bonchev–Trinajstić information content (AvgIpc) is 2.68. The minimum atomic E-state index is -4.51. The van der Waals surface area contributed by atoms with Crippen LogP contribution in [0.2, 0.25) is 0 Å². The van der Waals surface area contributed by atoms with Gasteiger partial charge in [-0.1, -0.05) is 19.9 Å². The molecule has 1 fully saturated rings. The van der Waals surface area contributed by atoms with E-state index in [0.29, 0.717) is 11.3 Å². The summed E-state index contributed by atoms with van der Waals surface area (Å²) in [5, 5.41) is 17.9. The molecule has 0 aromatic carbocycles. The molecule has 0 radical (unpaired) electrons. The number of alkyl halides is 3. The van der Waals surface area contributed by atoms with Crippen molar-refractivity contribution in [3.63, 3.8) is 0 Å². The molecular formula is C20H25F3N4O2. The largest absolute Gasteiger partial charge is 0.433 e. The Labute approximate surface area is 167 Å². The third kappa shape index (κ3) is 6.22. The van der Waals surface area contributed by atoms with Gasteiger partial charge in [0, 0.05) is 18.4 Å². The van der Waals surface area contributed by atoms with Crippen molar-refractivity contribution in [3.05, 3.63) is 53.6 Å². The lowest BCUT2D eigenvalue weighted by Crippen LogP contribution is -2.47. The topological polar surface area (TPSA) is 79.2 Å². The number of rotatable bonds is 6. The number of aromatic nitrogens is 3. The number of hydrogen-bond donors (Lipinski definition) is 1. The van der Waals surface area contributed by atoms with Crippen molar-refractivity contribution in [2.75, 3.05) is 6.54 Å². The highest BCUT2D eigenvalue weighted by molar-refractivity contribution is 5.79. The Morgan fingerprint density at radius 2 is 2.00 bits per heavy atom. The summed E-state index contributed by atoms with van der Waals surface area (Å²) in [6.07, 6.45) is -0.335. The standard InChI is InChI=1S/C18H19F3N4O2.C2H6/c19-18(20,21)16-7-6-12(10-22-16)9-17(27)25(13-3-1-4-13)11-15(26)14-5-2-8-23-24-14;1-2/h2,5-8,10,13,15,26H,1,3-4,9,11H2;1-2H3. The van der Waals surface area contributed by atoms with Crippen LogP contribution in [0.25, 0.3) is 0 Å². The van der Waals surface area contributed by atoms with Gasteiger partial charge in [0.2, 0.25) is 5.91 Å². The van der Waals surface area contributed by atoms with Gasteiger partial charge in [0.15, 0.2) is 0 Å². The summed E-state index contributed by atoms with van der Waals surface area (Å²) in [4.78, 5) is 17.7. The van der Waals surface area contributed by atoms with Gasteiger partial charge in [-0.25, -0.2) is 0 Å². The van der Waals surface area contributed by atoms with E-state index in [0.717, 1.165) is 31.5 Å². The number of aliphatic hydroxyl groups excluding tert-OH is 1. The molecule has 0 spiro atoms. The van der Waals surface area contributed by atoms with Crippen LogP contribution in [0.1, 0.15) is 56.2 Å². The fraction of sp³-hybridized carbons (Fsp3) is 0.500. The predicted octanol–water partition coefficient (Wildman–Crippen LogP) is 3.57. The van der Waals surface area contributed by atoms with Crippen molar-refractivity contribution in [2.45, 2.75) is 57.9 Å². The molecule has 1 amide bonds. The molecule has 1 unspecified atom stereocenters. The van der Waals surface area contributed by atoms with Crippen LogP contribution in [0.3, 0.4) is 0 Å². The van der Waals surface area contributed by atoms with E-state index >= 15 is 0 Å². The van der Waals surface area contributed by atoms with E-state index in [1.54, 1.807) is 17.0 Å². The second kappa shape index (κ2) is 10.3. The first-order valence-electron chi connectivity index (χ1n) is 9.62. The van der Waals surface area contributed by atoms with Gasteiger partial charge >= 0.3 is 6.18 Å². The van der Waals surface area contributed by atoms with Crippen molar-refractivity contribution < 1.29 is 23.1 Å². The van der Waals surface area contributed by atoms with Crippen LogP contribution >= 0.6 is 0 Å². The summed E-state index contributed by atoms with van der Waals surface area (Å²) in [6.45, 7) is 4.07. The highest BCUT2D eigenvalue weighted by Gasteiger charge is 2.33. The highest BCUT2D eigenvalue weighted by Crippen LogP contribution is 2.29. The maximum absolute atomic E-state index is 12.7. The van der Waals surface area contributed by atoms with Crippen molar-refractivity contribution in [2.24, 2.45) is 0 Å². The number of halogens is 3. The van der Waals surface area contributed by atoms with E-state index in [4.69, 9.17) is 0 Å². The van der Waals surface area contributed by atoms with Crippen molar-refractivity contribution in [1.82, 2.24) is 20.1 Å². The first-order chi connectivity index (χ1) is 13.8. The van der Waals surface area contributed by atoms with Gasteiger partial charge in [-0.05, 0) is 43.0 Å². The van der Waals surface area contributed by atoms with Gasteiger partial charge in [-0.2, -0.15) is 23.4 Å². The van der Waals surface area contributed by atoms with Crippen molar-refractivity contribution in [3.8, 4) is 0 Å². The first kappa shape index (κ1) is 22.7. The average molecular weight is 410 g/mol. The molecule has 1 aliphatic rings. The molecule has 6 nitrogen and oxygen atoms in total. The van der Waals surface area contributed by atoms with Gasteiger partial charge in [0.1, 0.15) is 11.8 Å².